The molecule has 0 saturated heterocycles. The molecule has 31 heavy (non-hydrogen) atoms. The largest absolute Gasteiger partial charge is 0.411 e. The Morgan fingerprint density at radius 1 is 0.935 bits per heavy atom. The van der Waals surface area contributed by atoms with E-state index in [0.29, 0.717) is 12.1 Å². The molecule has 0 bridgehead atoms. The fraction of sp³-hybridized carbons (Fsp3) is 0.154. The van der Waals surface area contributed by atoms with Crippen LogP contribution in [0.2, 0.25) is 0 Å². The number of nitrogens with zero attached hydrogens (tertiary/aromatic N) is 4. The highest BCUT2D eigenvalue weighted by Crippen LogP contribution is 2.33. The molecule has 1 N–H and O–H groups in total. The summed E-state index contributed by atoms with van der Waals surface area (Å²) < 4.78 is 0. The Hall–Kier alpha value is -3.86. The third kappa shape index (κ3) is 4.67. The van der Waals surface area contributed by atoms with Crippen molar-refractivity contribution in [3.05, 3.63) is 114 Å². The molecule has 1 atom stereocenters. The van der Waals surface area contributed by atoms with Gasteiger partial charge < -0.3 is 5.21 Å². The van der Waals surface area contributed by atoms with Gasteiger partial charge in [0, 0.05) is 47.8 Å². The van der Waals surface area contributed by atoms with Crippen LogP contribution in [0.4, 0.5) is 0 Å². The highest BCUT2D eigenvalue weighted by atomic mass is 16.4. The van der Waals surface area contributed by atoms with Crippen molar-refractivity contribution in [1.82, 2.24) is 15.0 Å². The zero-order valence-corrected chi connectivity index (χ0v) is 17.6. The maximum absolute atomic E-state index is 9.83. The second kappa shape index (κ2) is 9.30. The van der Waals surface area contributed by atoms with Crippen molar-refractivity contribution in [1.29, 1.82) is 0 Å². The molecule has 2 aromatic heterocycles. The van der Waals surface area contributed by atoms with E-state index in [-0.39, 0.29) is 5.92 Å². The summed E-state index contributed by atoms with van der Waals surface area (Å²) in [4.78, 5) is 12.5. The predicted octanol–water partition coefficient (Wildman–Crippen LogP) is 5.56. The van der Waals surface area contributed by atoms with Crippen LogP contribution in [0.5, 0.6) is 0 Å². The van der Waals surface area contributed by atoms with E-state index in [2.05, 4.69) is 69.5 Å². The van der Waals surface area contributed by atoms with Gasteiger partial charge in [0.25, 0.3) is 0 Å². The summed E-state index contributed by atoms with van der Waals surface area (Å²) in [6.07, 6.45) is 7.46. The highest BCUT2D eigenvalue weighted by molar-refractivity contribution is 6.01. The van der Waals surface area contributed by atoms with Crippen LogP contribution in [-0.4, -0.2) is 25.9 Å². The lowest BCUT2D eigenvalue weighted by atomic mass is 9.83. The molecular weight excluding hydrogens is 384 g/mol. The molecule has 4 rings (SSSR count). The molecule has 0 aliphatic carbocycles. The van der Waals surface area contributed by atoms with E-state index < -0.39 is 0 Å². The number of hydrogen-bond donors (Lipinski definition) is 1. The molecular formula is C26H24N4O. The summed E-state index contributed by atoms with van der Waals surface area (Å²) in [6.45, 7) is 4.05. The first kappa shape index (κ1) is 20.4. The minimum Gasteiger partial charge on any atom is -0.411 e. The quantitative estimate of drug-likeness (QED) is 0.258. The van der Waals surface area contributed by atoms with Gasteiger partial charge in [-0.15, -0.1) is 0 Å². The Morgan fingerprint density at radius 2 is 1.68 bits per heavy atom. The third-order valence-corrected chi connectivity index (χ3v) is 5.52. The van der Waals surface area contributed by atoms with Gasteiger partial charge in [0.2, 0.25) is 0 Å². The maximum atomic E-state index is 9.83. The van der Waals surface area contributed by atoms with Crippen LogP contribution in [-0.2, 0) is 0 Å². The van der Waals surface area contributed by atoms with Crippen LogP contribution < -0.4 is 0 Å². The molecule has 0 fully saturated rings. The summed E-state index contributed by atoms with van der Waals surface area (Å²) in [5, 5.41) is 13.5. The van der Waals surface area contributed by atoms with Gasteiger partial charge in [-0.3, -0.25) is 4.98 Å². The zero-order valence-electron chi connectivity index (χ0n) is 17.6. The average Bonchev–Trinajstić information content (AvgIpc) is 2.81. The predicted molar refractivity (Wildman–Crippen MR) is 122 cm³/mol. The van der Waals surface area contributed by atoms with Gasteiger partial charge in [-0.1, -0.05) is 53.7 Å². The van der Waals surface area contributed by atoms with Crippen LogP contribution in [0, 0.1) is 13.8 Å². The van der Waals surface area contributed by atoms with E-state index in [1.807, 2.05) is 37.5 Å². The van der Waals surface area contributed by atoms with Crippen molar-refractivity contribution in [3.8, 4) is 11.1 Å². The Bertz CT molecular complexity index is 1190. The highest BCUT2D eigenvalue weighted by Gasteiger charge is 2.20. The molecule has 0 spiro atoms. The van der Waals surface area contributed by atoms with Crippen LogP contribution in [0.3, 0.4) is 0 Å². The lowest BCUT2D eigenvalue weighted by molar-refractivity contribution is 0.317. The monoisotopic (exact) mass is 408 g/mol. The molecule has 0 amide bonds. The summed E-state index contributed by atoms with van der Waals surface area (Å²) >= 11 is 0. The van der Waals surface area contributed by atoms with Crippen molar-refractivity contribution in [3.63, 3.8) is 0 Å². The van der Waals surface area contributed by atoms with E-state index >= 15 is 0 Å². The molecule has 5 nitrogen and oxygen atoms in total. The van der Waals surface area contributed by atoms with Crippen LogP contribution in [0.1, 0.15) is 40.3 Å². The van der Waals surface area contributed by atoms with E-state index in [0.717, 1.165) is 27.9 Å². The second-order valence-corrected chi connectivity index (χ2v) is 7.60. The van der Waals surface area contributed by atoms with Gasteiger partial charge in [-0.2, -0.15) is 0 Å². The lowest BCUT2D eigenvalue weighted by Crippen LogP contribution is -2.12. The molecule has 0 aliphatic rings. The number of oxime groups is 1. The Kier molecular flexibility index (Phi) is 6.13. The van der Waals surface area contributed by atoms with Gasteiger partial charge in [-0.05, 0) is 48.2 Å². The lowest BCUT2D eigenvalue weighted by Gasteiger charge is -2.21. The fourth-order valence-electron chi connectivity index (χ4n) is 3.88. The fourth-order valence-corrected chi connectivity index (χ4v) is 3.88. The van der Waals surface area contributed by atoms with Crippen molar-refractivity contribution < 1.29 is 5.21 Å². The number of rotatable bonds is 6. The van der Waals surface area contributed by atoms with Gasteiger partial charge in [0.1, 0.15) is 6.33 Å². The Labute approximate surface area is 182 Å². The summed E-state index contributed by atoms with van der Waals surface area (Å²) in [5.74, 6) is 0.0432. The number of aromatic nitrogens is 3. The molecule has 4 aromatic rings. The summed E-state index contributed by atoms with van der Waals surface area (Å²) in [7, 11) is 0. The first-order valence-corrected chi connectivity index (χ1v) is 10.2. The molecule has 154 valence electrons. The van der Waals surface area contributed by atoms with E-state index in [4.69, 9.17) is 0 Å². The zero-order chi connectivity index (χ0) is 21.6. The van der Waals surface area contributed by atoms with Gasteiger partial charge >= 0.3 is 0 Å². The van der Waals surface area contributed by atoms with E-state index in [1.54, 1.807) is 6.20 Å². The van der Waals surface area contributed by atoms with Crippen LogP contribution in [0.25, 0.3) is 11.1 Å². The third-order valence-electron chi connectivity index (χ3n) is 5.52. The molecule has 0 unspecified atom stereocenters. The molecule has 2 heterocycles. The van der Waals surface area contributed by atoms with Gasteiger partial charge in [0.05, 0.1) is 5.71 Å². The van der Waals surface area contributed by atoms with Crippen LogP contribution >= 0.6 is 0 Å². The summed E-state index contributed by atoms with van der Waals surface area (Å²) in [6, 6.07) is 20.6. The Balaban J connectivity index is 1.72. The minimum absolute atomic E-state index is 0.0432. The van der Waals surface area contributed by atoms with E-state index in [9.17, 15) is 5.21 Å². The normalized spacial score (nSPS) is 12.5. The maximum Gasteiger partial charge on any atom is 0.115 e. The van der Waals surface area contributed by atoms with Crippen molar-refractivity contribution in [2.75, 3.05) is 0 Å². The molecule has 5 heteroatoms. The minimum atomic E-state index is 0.0432. The van der Waals surface area contributed by atoms with Crippen molar-refractivity contribution >= 4 is 5.71 Å². The van der Waals surface area contributed by atoms with Gasteiger partial charge in [0.15, 0.2) is 0 Å². The smallest absolute Gasteiger partial charge is 0.115 e. The van der Waals surface area contributed by atoms with Gasteiger partial charge in [-0.25, -0.2) is 9.97 Å². The number of benzene rings is 2. The Morgan fingerprint density at radius 3 is 2.35 bits per heavy atom. The standard InChI is InChI=1S/C26H24N4O/c1-18-5-3-4-6-24(18)25(14-26(30-31)22-11-12-29-19(2)13-22)21-9-7-20(8-10-21)23-15-27-17-28-16-23/h3-13,15-17,25,31H,14H2,1-2H3/b30-26-/t25-/m1/s1. The molecule has 0 aliphatic heterocycles. The summed E-state index contributed by atoms with van der Waals surface area (Å²) in [5.41, 5.74) is 8.02. The van der Waals surface area contributed by atoms with Crippen LogP contribution in [0.15, 0.2) is 90.7 Å². The first-order chi connectivity index (χ1) is 15.2. The first-order valence-electron chi connectivity index (χ1n) is 10.2. The number of hydrogen-bond acceptors (Lipinski definition) is 5. The molecule has 2 aromatic carbocycles. The SMILES string of the molecule is Cc1cc(/C(C[C@H](c2ccc(-c3cncnc3)cc2)c2ccccc2C)=N\O)ccn1. The van der Waals surface area contributed by atoms with E-state index in [1.165, 1.54) is 17.5 Å². The second-order valence-electron chi connectivity index (χ2n) is 7.60. The average molecular weight is 409 g/mol. The van der Waals surface area contributed by atoms with Crippen molar-refractivity contribution in [2.45, 2.75) is 26.2 Å². The number of pyridine rings is 1. The molecule has 0 saturated carbocycles. The number of aryl methyl sites for hydroxylation is 2. The van der Waals surface area contributed by atoms with Crippen molar-refractivity contribution in [2.24, 2.45) is 5.16 Å². The molecule has 0 radical (unpaired) electrons. The topological polar surface area (TPSA) is 71.3 Å².